The normalized spacial score (nSPS) is 12.0. The van der Waals surface area contributed by atoms with Crippen molar-refractivity contribution in [1.29, 1.82) is 0 Å². The van der Waals surface area contributed by atoms with Crippen LogP contribution in [0.3, 0.4) is 0 Å². The van der Waals surface area contributed by atoms with Gasteiger partial charge in [0, 0.05) is 18.6 Å². The van der Waals surface area contributed by atoms with Crippen molar-refractivity contribution in [2.45, 2.75) is 32.0 Å². The Balaban J connectivity index is 2.40. The van der Waals surface area contributed by atoms with E-state index in [-0.39, 0.29) is 0 Å². The van der Waals surface area contributed by atoms with Crippen molar-refractivity contribution >= 4 is 11.6 Å². The summed E-state index contributed by atoms with van der Waals surface area (Å²) in [5.74, 6) is 0.590. The van der Waals surface area contributed by atoms with Gasteiger partial charge in [0.1, 0.15) is 0 Å². The summed E-state index contributed by atoms with van der Waals surface area (Å²) in [6.07, 6.45) is 0.169. The summed E-state index contributed by atoms with van der Waals surface area (Å²) >= 11 is 5.48. The molecule has 0 saturated heterocycles. The van der Waals surface area contributed by atoms with Crippen molar-refractivity contribution in [3.8, 4) is 0 Å². The Morgan fingerprint density at radius 3 is 2.53 bits per heavy atom. The first kappa shape index (κ1) is 12.4. The summed E-state index contributed by atoms with van der Waals surface area (Å²) in [5.41, 5.74) is -0.695. The minimum Gasteiger partial charge on any atom is -0.272 e. The minimum atomic E-state index is -4.30. The van der Waals surface area contributed by atoms with Crippen LogP contribution in [0.4, 0.5) is 13.2 Å². The molecule has 0 bridgehead atoms. The Labute approximate surface area is 91.0 Å². The van der Waals surface area contributed by atoms with E-state index in [1.807, 2.05) is 0 Å². The topological polar surface area (TPSA) is 17.8 Å². The van der Waals surface area contributed by atoms with Crippen molar-refractivity contribution in [2.75, 3.05) is 5.88 Å². The quantitative estimate of drug-likeness (QED) is 0.570. The Kier molecular flexibility index (Phi) is 4.45. The smallest absolute Gasteiger partial charge is 0.272 e. The molecular weight excluding hydrogens is 229 g/mol. The summed E-state index contributed by atoms with van der Waals surface area (Å²) < 4.78 is 37.8. The molecule has 0 aliphatic rings. The number of aryl methyl sites for hydroxylation is 1. The van der Waals surface area contributed by atoms with Gasteiger partial charge in [0.05, 0.1) is 11.8 Å². The maximum absolute atomic E-state index is 12.2. The van der Waals surface area contributed by atoms with Crippen LogP contribution < -0.4 is 0 Å². The van der Waals surface area contributed by atoms with Gasteiger partial charge in [-0.2, -0.15) is 18.3 Å². The number of nitrogens with zero attached hydrogens (tertiary/aromatic N) is 2. The monoisotopic (exact) mass is 240 g/mol. The minimum absolute atomic E-state index is 0.507. The first-order valence-electron chi connectivity index (χ1n) is 4.69. The molecule has 0 radical (unpaired) electrons. The summed E-state index contributed by atoms with van der Waals surface area (Å²) in [6.45, 7) is 0.507. The number of unbranched alkanes of at least 4 members (excludes halogenated alkanes) is 2. The van der Waals surface area contributed by atoms with E-state index in [4.69, 9.17) is 11.6 Å². The first-order valence-corrected chi connectivity index (χ1v) is 5.23. The van der Waals surface area contributed by atoms with E-state index in [2.05, 4.69) is 5.10 Å². The fourth-order valence-corrected chi connectivity index (χ4v) is 1.37. The van der Waals surface area contributed by atoms with Crippen molar-refractivity contribution in [2.24, 2.45) is 0 Å². The number of alkyl halides is 4. The van der Waals surface area contributed by atoms with Gasteiger partial charge >= 0.3 is 6.18 Å². The van der Waals surface area contributed by atoms with Crippen molar-refractivity contribution in [1.82, 2.24) is 9.78 Å². The van der Waals surface area contributed by atoms with E-state index < -0.39 is 11.7 Å². The average Bonchev–Trinajstić information content (AvgIpc) is 2.60. The summed E-state index contributed by atoms with van der Waals surface area (Å²) in [4.78, 5) is 0. The van der Waals surface area contributed by atoms with Crippen LogP contribution in [0.5, 0.6) is 0 Å². The van der Waals surface area contributed by atoms with Crippen LogP contribution in [0.2, 0.25) is 0 Å². The van der Waals surface area contributed by atoms with Crippen molar-refractivity contribution < 1.29 is 13.2 Å². The highest BCUT2D eigenvalue weighted by atomic mass is 35.5. The fraction of sp³-hybridized carbons (Fsp3) is 0.667. The molecule has 0 amide bonds. The Hall–Kier alpha value is -0.710. The van der Waals surface area contributed by atoms with E-state index in [1.165, 1.54) is 4.68 Å². The molecule has 0 aliphatic heterocycles. The molecule has 0 aliphatic carbocycles. The van der Waals surface area contributed by atoms with Gasteiger partial charge in [-0.15, -0.1) is 11.6 Å². The largest absolute Gasteiger partial charge is 0.419 e. The molecule has 0 unspecified atom stereocenters. The molecule has 0 spiro atoms. The number of hydrogen-bond acceptors (Lipinski definition) is 1. The van der Waals surface area contributed by atoms with Crippen molar-refractivity contribution in [3.63, 3.8) is 0 Å². The van der Waals surface area contributed by atoms with Crippen LogP contribution >= 0.6 is 11.6 Å². The second-order valence-electron chi connectivity index (χ2n) is 3.24. The predicted octanol–water partition coefficient (Wildman–Crippen LogP) is 3.31. The average molecular weight is 241 g/mol. The van der Waals surface area contributed by atoms with E-state index in [0.717, 1.165) is 31.7 Å². The molecule has 0 aromatic carbocycles. The maximum Gasteiger partial charge on any atom is 0.419 e. The number of hydrogen-bond donors (Lipinski definition) is 0. The van der Waals surface area contributed by atoms with Crippen LogP contribution in [-0.4, -0.2) is 15.7 Å². The molecule has 1 heterocycles. The van der Waals surface area contributed by atoms with Crippen LogP contribution in [0.25, 0.3) is 0 Å². The van der Waals surface area contributed by atoms with Gasteiger partial charge < -0.3 is 0 Å². The lowest BCUT2D eigenvalue weighted by Crippen LogP contribution is -2.03. The third kappa shape index (κ3) is 4.11. The lowest BCUT2D eigenvalue weighted by Gasteiger charge is -2.01. The highest BCUT2D eigenvalue weighted by Gasteiger charge is 2.31. The van der Waals surface area contributed by atoms with Gasteiger partial charge in [0.15, 0.2) is 0 Å². The fourth-order valence-electron chi connectivity index (χ4n) is 1.18. The van der Waals surface area contributed by atoms with Crippen LogP contribution in [-0.2, 0) is 12.7 Å². The van der Waals surface area contributed by atoms with Crippen LogP contribution in [0.1, 0.15) is 24.8 Å². The number of halogens is 4. The van der Waals surface area contributed by atoms with Gasteiger partial charge in [-0.1, -0.05) is 6.42 Å². The molecule has 0 atom stereocenters. The Bertz CT molecular complexity index is 296. The zero-order valence-electron chi connectivity index (χ0n) is 8.10. The highest BCUT2D eigenvalue weighted by Crippen LogP contribution is 2.28. The Morgan fingerprint density at radius 2 is 2.00 bits per heavy atom. The third-order valence-electron chi connectivity index (χ3n) is 1.98. The van der Waals surface area contributed by atoms with Gasteiger partial charge in [-0.25, -0.2) is 0 Å². The van der Waals surface area contributed by atoms with Gasteiger partial charge in [-0.05, 0) is 12.8 Å². The first-order chi connectivity index (χ1) is 7.04. The van der Waals surface area contributed by atoms with Gasteiger partial charge in [0.25, 0.3) is 0 Å². The third-order valence-corrected chi connectivity index (χ3v) is 2.25. The second kappa shape index (κ2) is 5.39. The summed E-state index contributed by atoms with van der Waals surface area (Å²) in [7, 11) is 0. The van der Waals surface area contributed by atoms with Crippen molar-refractivity contribution in [3.05, 3.63) is 18.0 Å². The van der Waals surface area contributed by atoms with E-state index in [1.54, 1.807) is 0 Å². The second-order valence-corrected chi connectivity index (χ2v) is 3.62. The number of aromatic nitrogens is 2. The van der Waals surface area contributed by atoms with E-state index in [0.29, 0.717) is 12.4 Å². The van der Waals surface area contributed by atoms with Gasteiger partial charge in [-0.3, -0.25) is 4.68 Å². The zero-order valence-corrected chi connectivity index (χ0v) is 8.85. The molecule has 15 heavy (non-hydrogen) atoms. The standard InChI is InChI=1S/C9H12ClF3N2/c10-4-2-1-3-5-15-7-8(6-14-15)9(11,12)13/h6-7H,1-5H2. The molecule has 0 saturated carbocycles. The Morgan fingerprint density at radius 1 is 1.27 bits per heavy atom. The molecule has 86 valence electrons. The maximum atomic E-state index is 12.2. The summed E-state index contributed by atoms with van der Waals surface area (Å²) in [6, 6.07) is 0. The molecule has 1 aromatic heterocycles. The summed E-state index contributed by atoms with van der Waals surface area (Å²) in [5, 5.41) is 3.64. The lowest BCUT2D eigenvalue weighted by atomic mass is 10.2. The molecular formula is C9H12ClF3N2. The number of rotatable bonds is 5. The molecule has 1 rings (SSSR count). The predicted molar refractivity (Wildman–Crippen MR) is 51.8 cm³/mol. The molecule has 2 nitrogen and oxygen atoms in total. The highest BCUT2D eigenvalue weighted by molar-refractivity contribution is 6.17. The lowest BCUT2D eigenvalue weighted by molar-refractivity contribution is -0.137. The van der Waals surface area contributed by atoms with Gasteiger partial charge in [0.2, 0.25) is 0 Å². The molecule has 1 aromatic rings. The SMILES string of the molecule is FC(F)(F)c1cnn(CCCCCCl)c1. The van der Waals surface area contributed by atoms with Crippen LogP contribution in [0, 0.1) is 0 Å². The van der Waals surface area contributed by atoms with Crippen LogP contribution in [0.15, 0.2) is 12.4 Å². The zero-order chi connectivity index (χ0) is 11.3. The molecule has 0 N–H and O–H groups in total. The molecule has 0 fully saturated rings. The van der Waals surface area contributed by atoms with E-state index >= 15 is 0 Å². The molecule has 6 heteroatoms. The van der Waals surface area contributed by atoms with E-state index in [9.17, 15) is 13.2 Å².